The molecule has 1 unspecified atom stereocenters. The average Bonchev–Trinajstić information content (AvgIpc) is 1.65. The smallest absolute Gasteiger partial charge is 0.0811 e. The van der Waals surface area contributed by atoms with Gasteiger partial charge >= 0.3 is 0 Å². The molecule has 0 aliphatic rings. The van der Waals surface area contributed by atoms with Crippen molar-refractivity contribution in [1.82, 2.24) is 0 Å². The van der Waals surface area contributed by atoms with Crippen molar-refractivity contribution >= 4 is 0 Å². The third kappa shape index (κ3) is 2.60. The zero-order valence-corrected chi connectivity index (χ0v) is 4.85. The first-order chi connectivity index (χ1) is 3.18. The third-order valence-corrected chi connectivity index (χ3v) is 0.918. The molecule has 0 aliphatic carbocycles. The first-order valence-corrected chi connectivity index (χ1v) is 2.37. The molecule has 0 aromatic carbocycles. The van der Waals surface area contributed by atoms with Gasteiger partial charge in [0.05, 0.1) is 6.10 Å². The maximum atomic E-state index is 4.81. The predicted octanol–water partition coefficient (Wildman–Crippen LogP) is 0.735. The normalized spacial score (nSPS) is 15.0. The SMILES string of the molecule is [CH2]C(ON)C(C)C. The van der Waals surface area contributed by atoms with Crippen LogP contribution in [0.2, 0.25) is 0 Å². The maximum absolute atomic E-state index is 4.81. The van der Waals surface area contributed by atoms with Crippen LogP contribution in [0.5, 0.6) is 0 Å². The molecule has 2 N–H and O–H groups in total. The average molecular weight is 102 g/mol. The van der Waals surface area contributed by atoms with E-state index in [9.17, 15) is 0 Å². The van der Waals surface area contributed by atoms with Crippen LogP contribution in [0, 0.1) is 12.8 Å². The van der Waals surface area contributed by atoms with Crippen molar-refractivity contribution in [3.63, 3.8) is 0 Å². The minimum Gasteiger partial charge on any atom is -0.301 e. The molecule has 0 heterocycles. The lowest BCUT2D eigenvalue weighted by atomic mass is 10.1. The molecule has 0 aromatic heterocycles. The van der Waals surface area contributed by atoms with E-state index in [1.165, 1.54) is 0 Å². The lowest BCUT2D eigenvalue weighted by molar-refractivity contribution is 0.0535. The molecule has 0 saturated heterocycles. The molecule has 0 saturated carbocycles. The monoisotopic (exact) mass is 102 g/mol. The second kappa shape index (κ2) is 2.99. The fourth-order valence-electron chi connectivity index (χ4n) is 0.157. The van der Waals surface area contributed by atoms with Gasteiger partial charge in [-0.2, -0.15) is 0 Å². The Kier molecular flexibility index (Phi) is 2.96. The largest absolute Gasteiger partial charge is 0.301 e. The van der Waals surface area contributed by atoms with E-state index in [1.807, 2.05) is 13.8 Å². The predicted molar refractivity (Wildman–Crippen MR) is 29.3 cm³/mol. The van der Waals surface area contributed by atoms with Gasteiger partial charge in [-0.05, 0) is 12.8 Å². The van der Waals surface area contributed by atoms with Crippen molar-refractivity contribution in [3.05, 3.63) is 6.92 Å². The van der Waals surface area contributed by atoms with Crippen molar-refractivity contribution in [2.24, 2.45) is 11.8 Å². The fraction of sp³-hybridized carbons (Fsp3) is 0.800. The summed E-state index contributed by atoms with van der Waals surface area (Å²) in [5.74, 6) is 5.22. The molecule has 0 aliphatic heterocycles. The van der Waals surface area contributed by atoms with Gasteiger partial charge in [0.2, 0.25) is 0 Å². The zero-order valence-electron chi connectivity index (χ0n) is 4.85. The summed E-state index contributed by atoms with van der Waals surface area (Å²) in [6.45, 7) is 7.62. The van der Waals surface area contributed by atoms with E-state index in [-0.39, 0.29) is 6.10 Å². The molecule has 0 aromatic rings. The second-order valence-electron chi connectivity index (χ2n) is 1.92. The first kappa shape index (κ1) is 6.92. The summed E-state index contributed by atoms with van der Waals surface area (Å²) in [6, 6.07) is 0. The lowest BCUT2D eigenvalue weighted by Crippen LogP contribution is -2.19. The van der Waals surface area contributed by atoms with Gasteiger partial charge in [0.15, 0.2) is 0 Å². The summed E-state index contributed by atoms with van der Waals surface area (Å²) in [6.07, 6.45) is -0.0694. The Morgan fingerprint density at radius 2 is 2.00 bits per heavy atom. The molecule has 7 heavy (non-hydrogen) atoms. The number of hydrogen-bond donors (Lipinski definition) is 1. The topological polar surface area (TPSA) is 35.2 Å². The van der Waals surface area contributed by atoms with Gasteiger partial charge in [0.1, 0.15) is 0 Å². The standard InChI is InChI=1S/C5H12NO/c1-4(2)5(3)7-6/h4-5H,3,6H2,1-2H3. The molecular formula is C5H12NO. The van der Waals surface area contributed by atoms with E-state index >= 15 is 0 Å². The van der Waals surface area contributed by atoms with Crippen molar-refractivity contribution in [2.75, 3.05) is 0 Å². The Morgan fingerprint density at radius 1 is 1.57 bits per heavy atom. The van der Waals surface area contributed by atoms with Crippen molar-refractivity contribution < 1.29 is 4.84 Å². The maximum Gasteiger partial charge on any atom is 0.0811 e. The molecule has 0 spiro atoms. The third-order valence-electron chi connectivity index (χ3n) is 0.918. The molecule has 0 fully saturated rings. The van der Waals surface area contributed by atoms with Crippen LogP contribution in [-0.2, 0) is 4.84 Å². The van der Waals surface area contributed by atoms with E-state index < -0.39 is 0 Å². The van der Waals surface area contributed by atoms with Crippen molar-refractivity contribution in [1.29, 1.82) is 0 Å². The molecule has 2 nitrogen and oxygen atoms in total. The van der Waals surface area contributed by atoms with E-state index in [1.54, 1.807) is 0 Å². The van der Waals surface area contributed by atoms with Crippen LogP contribution in [0.3, 0.4) is 0 Å². The summed E-state index contributed by atoms with van der Waals surface area (Å²) in [4.78, 5) is 4.40. The molecular weight excluding hydrogens is 90.1 g/mol. The highest BCUT2D eigenvalue weighted by molar-refractivity contribution is 4.61. The molecule has 1 radical (unpaired) electrons. The van der Waals surface area contributed by atoms with Crippen LogP contribution in [-0.4, -0.2) is 6.10 Å². The first-order valence-electron chi connectivity index (χ1n) is 2.37. The van der Waals surface area contributed by atoms with Crippen LogP contribution in [0.25, 0.3) is 0 Å². The van der Waals surface area contributed by atoms with Crippen LogP contribution in [0.15, 0.2) is 0 Å². The number of hydrogen-bond acceptors (Lipinski definition) is 2. The minimum atomic E-state index is -0.0694. The van der Waals surface area contributed by atoms with Gasteiger partial charge in [-0.15, -0.1) is 0 Å². The van der Waals surface area contributed by atoms with Gasteiger partial charge in [-0.25, -0.2) is 5.90 Å². The van der Waals surface area contributed by atoms with E-state index in [0.717, 1.165) is 0 Å². The number of rotatable bonds is 2. The summed E-state index contributed by atoms with van der Waals surface area (Å²) in [5, 5.41) is 0. The van der Waals surface area contributed by atoms with Gasteiger partial charge in [0, 0.05) is 0 Å². The van der Waals surface area contributed by atoms with Crippen molar-refractivity contribution in [3.8, 4) is 0 Å². The van der Waals surface area contributed by atoms with Gasteiger partial charge < -0.3 is 4.84 Å². The molecule has 43 valence electrons. The molecule has 0 amide bonds. The highest BCUT2D eigenvalue weighted by atomic mass is 16.6. The number of nitrogens with two attached hydrogens (primary N) is 1. The Hall–Kier alpha value is -0.0800. The summed E-state index contributed by atoms with van der Waals surface area (Å²) in [5.41, 5.74) is 0. The molecule has 0 rings (SSSR count). The summed E-state index contributed by atoms with van der Waals surface area (Å²) in [7, 11) is 0. The lowest BCUT2D eigenvalue weighted by Gasteiger charge is -2.10. The van der Waals surface area contributed by atoms with Crippen LogP contribution in [0.1, 0.15) is 13.8 Å². The Balaban J connectivity index is 3.14. The Bertz CT molecular complexity index is 45.3. The molecule has 2 heteroatoms. The highest BCUT2D eigenvalue weighted by Gasteiger charge is 2.03. The van der Waals surface area contributed by atoms with E-state index in [0.29, 0.717) is 5.92 Å². The van der Waals surface area contributed by atoms with Gasteiger partial charge in [0.25, 0.3) is 0 Å². The minimum absolute atomic E-state index is 0.0694. The van der Waals surface area contributed by atoms with Crippen molar-refractivity contribution in [2.45, 2.75) is 20.0 Å². The van der Waals surface area contributed by atoms with Crippen LogP contribution in [0.4, 0.5) is 0 Å². The zero-order chi connectivity index (χ0) is 5.86. The molecule has 0 bridgehead atoms. The second-order valence-corrected chi connectivity index (χ2v) is 1.92. The van der Waals surface area contributed by atoms with Gasteiger partial charge in [-0.3, -0.25) is 0 Å². The Morgan fingerprint density at radius 3 is 2.00 bits per heavy atom. The van der Waals surface area contributed by atoms with Crippen LogP contribution >= 0.6 is 0 Å². The summed E-state index contributed by atoms with van der Waals surface area (Å²) >= 11 is 0. The summed E-state index contributed by atoms with van der Waals surface area (Å²) < 4.78 is 0. The van der Waals surface area contributed by atoms with Gasteiger partial charge in [-0.1, -0.05) is 13.8 Å². The quantitative estimate of drug-likeness (QED) is 0.522. The molecule has 1 atom stereocenters. The Labute approximate surface area is 44.6 Å². The van der Waals surface area contributed by atoms with Crippen LogP contribution < -0.4 is 5.90 Å². The fourth-order valence-corrected chi connectivity index (χ4v) is 0.157. The van der Waals surface area contributed by atoms with E-state index in [4.69, 9.17) is 5.90 Å². The highest BCUT2D eigenvalue weighted by Crippen LogP contribution is 2.00. The van der Waals surface area contributed by atoms with E-state index in [2.05, 4.69) is 11.8 Å².